The highest BCUT2D eigenvalue weighted by Crippen LogP contribution is 2.06. The lowest BCUT2D eigenvalue weighted by atomic mass is 10.1. The van der Waals surface area contributed by atoms with Gasteiger partial charge in [0.1, 0.15) is 0 Å². The fourth-order valence-corrected chi connectivity index (χ4v) is 1.53. The third-order valence-electron chi connectivity index (χ3n) is 2.65. The highest BCUT2D eigenvalue weighted by molar-refractivity contribution is 5.75. The van der Waals surface area contributed by atoms with Gasteiger partial charge in [-0.1, -0.05) is 39.0 Å². The molecule has 106 valence electrons. The van der Waals surface area contributed by atoms with Crippen molar-refractivity contribution in [2.75, 3.05) is 6.61 Å². The normalized spacial score (nSPS) is 12.1. The molecule has 0 aliphatic carbocycles. The van der Waals surface area contributed by atoms with Gasteiger partial charge in [-0.15, -0.1) is 0 Å². The average molecular weight is 260 g/mol. The molecule has 18 heavy (non-hydrogen) atoms. The second-order valence-corrected chi connectivity index (χ2v) is 4.38. The first-order valence-corrected chi connectivity index (χ1v) is 6.64. The van der Waals surface area contributed by atoms with Gasteiger partial charge >= 0.3 is 11.9 Å². The minimum Gasteiger partial charge on any atom is -0.481 e. The van der Waals surface area contributed by atoms with Crippen molar-refractivity contribution in [2.24, 2.45) is 0 Å². The van der Waals surface area contributed by atoms with Gasteiger partial charge in [0.2, 0.25) is 0 Å². The standard InChI is InChI=1S/C13H24O5/c1-2-3-4-5-6-7-10-18-13(17)11(14)8-9-12(15)16/h11,14H,2-10H2,1H3,(H,15,16). The molecular formula is C13H24O5. The van der Waals surface area contributed by atoms with Crippen LogP contribution in [-0.4, -0.2) is 34.9 Å². The predicted octanol–water partition coefficient (Wildman–Crippen LogP) is 2.12. The number of aliphatic hydroxyl groups is 1. The van der Waals surface area contributed by atoms with E-state index in [1.165, 1.54) is 19.3 Å². The summed E-state index contributed by atoms with van der Waals surface area (Å²) in [7, 11) is 0. The van der Waals surface area contributed by atoms with Gasteiger partial charge in [-0.05, 0) is 12.8 Å². The molecule has 0 aromatic heterocycles. The zero-order chi connectivity index (χ0) is 13.8. The van der Waals surface area contributed by atoms with E-state index in [0.29, 0.717) is 6.61 Å². The summed E-state index contributed by atoms with van der Waals surface area (Å²) < 4.78 is 4.86. The van der Waals surface area contributed by atoms with Crippen LogP contribution in [-0.2, 0) is 14.3 Å². The van der Waals surface area contributed by atoms with E-state index in [-0.39, 0.29) is 12.8 Å². The Bertz CT molecular complexity index is 240. The van der Waals surface area contributed by atoms with Gasteiger partial charge in [0.15, 0.2) is 6.10 Å². The fourth-order valence-electron chi connectivity index (χ4n) is 1.53. The number of carbonyl (C=O) groups is 2. The molecule has 0 amide bonds. The van der Waals surface area contributed by atoms with Gasteiger partial charge in [-0.25, -0.2) is 4.79 Å². The van der Waals surface area contributed by atoms with E-state index < -0.39 is 18.0 Å². The van der Waals surface area contributed by atoms with E-state index in [9.17, 15) is 14.7 Å². The number of hydrogen-bond donors (Lipinski definition) is 2. The highest BCUT2D eigenvalue weighted by atomic mass is 16.5. The van der Waals surface area contributed by atoms with Crippen molar-refractivity contribution in [3.63, 3.8) is 0 Å². The lowest BCUT2D eigenvalue weighted by Crippen LogP contribution is -2.24. The number of esters is 1. The molecule has 0 spiro atoms. The number of carbonyl (C=O) groups excluding carboxylic acids is 1. The van der Waals surface area contributed by atoms with E-state index in [1.54, 1.807) is 0 Å². The van der Waals surface area contributed by atoms with Crippen LogP contribution in [0.5, 0.6) is 0 Å². The van der Waals surface area contributed by atoms with Crippen molar-refractivity contribution in [2.45, 2.75) is 64.4 Å². The molecule has 0 aromatic carbocycles. The molecule has 2 N–H and O–H groups in total. The lowest BCUT2D eigenvalue weighted by Gasteiger charge is -2.09. The van der Waals surface area contributed by atoms with E-state index >= 15 is 0 Å². The Morgan fingerprint density at radius 2 is 1.72 bits per heavy atom. The van der Waals surface area contributed by atoms with Crippen LogP contribution >= 0.6 is 0 Å². The maximum Gasteiger partial charge on any atom is 0.334 e. The predicted molar refractivity (Wildman–Crippen MR) is 67.2 cm³/mol. The number of carboxylic acids is 1. The van der Waals surface area contributed by atoms with Crippen molar-refractivity contribution in [3.05, 3.63) is 0 Å². The lowest BCUT2D eigenvalue weighted by molar-refractivity contribution is -0.154. The summed E-state index contributed by atoms with van der Waals surface area (Å²) in [4.78, 5) is 21.5. The summed E-state index contributed by atoms with van der Waals surface area (Å²) in [5.41, 5.74) is 0. The quantitative estimate of drug-likeness (QED) is 0.439. The summed E-state index contributed by atoms with van der Waals surface area (Å²) in [5, 5.41) is 17.7. The van der Waals surface area contributed by atoms with Crippen LogP contribution in [0.4, 0.5) is 0 Å². The Labute approximate surface area is 108 Å². The fraction of sp³-hybridized carbons (Fsp3) is 0.846. The van der Waals surface area contributed by atoms with Gasteiger partial charge < -0.3 is 14.9 Å². The first kappa shape index (κ1) is 16.9. The van der Waals surface area contributed by atoms with Crippen LogP contribution in [0.1, 0.15) is 58.3 Å². The van der Waals surface area contributed by atoms with Gasteiger partial charge in [0, 0.05) is 6.42 Å². The number of aliphatic hydroxyl groups excluding tert-OH is 1. The molecular weight excluding hydrogens is 236 g/mol. The summed E-state index contributed by atoms with van der Waals surface area (Å²) in [5.74, 6) is -1.75. The number of rotatable bonds is 11. The Kier molecular flexibility index (Phi) is 10.3. The van der Waals surface area contributed by atoms with E-state index in [0.717, 1.165) is 19.3 Å². The molecule has 1 unspecified atom stereocenters. The first-order valence-electron chi connectivity index (χ1n) is 6.64. The number of hydrogen-bond acceptors (Lipinski definition) is 4. The molecule has 0 fully saturated rings. The molecule has 0 saturated carbocycles. The van der Waals surface area contributed by atoms with E-state index in [1.807, 2.05) is 0 Å². The molecule has 0 aliphatic rings. The third kappa shape index (κ3) is 10.1. The minimum atomic E-state index is -1.32. The van der Waals surface area contributed by atoms with Gasteiger partial charge in [-0.2, -0.15) is 0 Å². The number of ether oxygens (including phenoxy) is 1. The van der Waals surface area contributed by atoms with Crippen LogP contribution in [0, 0.1) is 0 Å². The molecule has 0 aliphatic heterocycles. The Morgan fingerprint density at radius 3 is 2.33 bits per heavy atom. The molecule has 0 saturated heterocycles. The number of aliphatic carboxylic acids is 1. The van der Waals surface area contributed by atoms with Gasteiger partial charge in [0.05, 0.1) is 6.61 Å². The maximum absolute atomic E-state index is 11.2. The smallest absolute Gasteiger partial charge is 0.334 e. The molecule has 0 radical (unpaired) electrons. The second kappa shape index (κ2) is 11.0. The number of carboxylic acid groups (broad SMARTS) is 1. The van der Waals surface area contributed by atoms with Crippen molar-refractivity contribution >= 4 is 11.9 Å². The zero-order valence-electron chi connectivity index (χ0n) is 11.1. The largest absolute Gasteiger partial charge is 0.481 e. The monoisotopic (exact) mass is 260 g/mol. The minimum absolute atomic E-state index is 0.0926. The molecule has 5 heteroatoms. The van der Waals surface area contributed by atoms with Crippen molar-refractivity contribution in [3.8, 4) is 0 Å². The van der Waals surface area contributed by atoms with Crippen LogP contribution in [0.2, 0.25) is 0 Å². The van der Waals surface area contributed by atoms with Crippen molar-refractivity contribution < 1.29 is 24.5 Å². The Morgan fingerprint density at radius 1 is 1.11 bits per heavy atom. The van der Waals surface area contributed by atoms with Crippen molar-refractivity contribution in [1.29, 1.82) is 0 Å². The van der Waals surface area contributed by atoms with Gasteiger partial charge in [0.25, 0.3) is 0 Å². The second-order valence-electron chi connectivity index (χ2n) is 4.38. The summed E-state index contributed by atoms with van der Waals surface area (Å²) in [6.45, 7) is 2.45. The van der Waals surface area contributed by atoms with Crippen LogP contribution in [0.15, 0.2) is 0 Å². The van der Waals surface area contributed by atoms with E-state index in [2.05, 4.69) is 6.92 Å². The SMILES string of the molecule is CCCCCCCCOC(=O)C(O)CCC(=O)O. The first-order chi connectivity index (χ1) is 8.57. The average Bonchev–Trinajstić information content (AvgIpc) is 2.34. The summed E-state index contributed by atoms with van der Waals surface area (Å²) in [6, 6.07) is 0. The van der Waals surface area contributed by atoms with Gasteiger partial charge in [-0.3, -0.25) is 4.79 Å². The molecule has 0 rings (SSSR count). The molecule has 0 aromatic rings. The maximum atomic E-state index is 11.2. The van der Waals surface area contributed by atoms with Crippen LogP contribution in [0.25, 0.3) is 0 Å². The van der Waals surface area contributed by atoms with Crippen LogP contribution < -0.4 is 0 Å². The molecule has 5 nitrogen and oxygen atoms in total. The topological polar surface area (TPSA) is 83.8 Å². The van der Waals surface area contributed by atoms with Crippen molar-refractivity contribution in [1.82, 2.24) is 0 Å². The van der Waals surface area contributed by atoms with Crippen LogP contribution in [0.3, 0.4) is 0 Å². The number of unbranched alkanes of at least 4 members (excludes halogenated alkanes) is 5. The molecule has 1 atom stereocenters. The molecule has 0 bridgehead atoms. The summed E-state index contributed by atoms with van der Waals surface area (Å²) in [6.07, 6.45) is 4.93. The highest BCUT2D eigenvalue weighted by Gasteiger charge is 2.17. The third-order valence-corrected chi connectivity index (χ3v) is 2.65. The van der Waals surface area contributed by atoms with E-state index in [4.69, 9.17) is 9.84 Å². The Hall–Kier alpha value is -1.10. The summed E-state index contributed by atoms with van der Waals surface area (Å²) >= 11 is 0. The Balaban J connectivity index is 3.43. The zero-order valence-corrected chi connectivity index (χ0v) is 11.1. The molecule has 0 heterocycles.